The van der Waals surface area contributed by atoms with Gasteiger partial charge in [-0.3, -0.25) is 9.59 Å². The Morgan fingerprint density at radius 1 is 1.03 bits per heavy atom. The highest BCUT2D eigenvalue weighted by molar-refractivity contribution is 5.96. The third-order valence-corrected chi connectivity index (χ3v) is 6.31. The van der Waals surface area contributed by atoms with Crippen LogP contribution in [-0.4, -0.2) is 45.9 Å². The fourth-order valence-electron chi connectivity index (χ4n) is 4.70. The molecule has 5 rings (SSSR count). The van der Waals surface area contributed by atoms with Crippen molar-refractivity contribution >= 4 is 28.5 Å². The topological polar surface area (TPSA) is 58.4 Å². The molecule has 1 atom stereocenters. The molecule has 0 radical (unpaired) electrons. The predicted molar refractivity (Wildman–Crippen MR) is 116 cm³/mol. The van der Waals surface area contributed by atoms with Crippen molar-refractivity contribution < 1.29 is 14.0 Å². The number of carbonyl (C=O) groups excluding carboxylic acids is 2. The van der Waals surface area contributed by atoms with Gasteiger partial charge in [-0.1, -0.05) is 12.1 Å². The average Bonchev–Trinajstić information content (AvgIpc) is 3.35. The lowest BCUT2D eigenvalue weighted by Crippen LogP contribution is -2.38. The van der Waals surface area contributed by atoms with Crippen LogP contribution in [0.1, 0.15) is 37.4 Å². The fourth-order valence-corrected chi connectivity index (χ4v) is 4.70. The number of fused-ring (bicyclic) bond motifs is 1. The maximum absolute atomic E-state index is 13.3. The van der Waals surface area contributed by atoms with Crippen molar-refractivity contribution in [3.8, 4) is 0 Å². The Morgan fingerprint density at radius 2 is 1.77 bits per heavy atom. The van der Waals surface area contributed by atoms with Crippen LogP contribution in [0, 0.1) is 5.82 Å². The second-order valence-corrected chi connectivity index (χ2v) is 8.37. The van der Waals surface area contributed by atoms with Crippen LogP contribution in [0.4, 0.5) is 10.1 Å². The van der Waals surface area contributed by atoms with E-state index in [0.717, 1.165) is 42.8 Å². The molecule has 0 bridgehead atoms. The molecule has 7 heteroatoms. The highest BCUT2D eigenvalue weighted by Crippen LogP contribution is 2.33. The van der Waals surface area contributed by atoms with E-state index in [-0.39, 0.29) is 30.1 Å². The summed E-state index contributed by atoms with van der Waals surface area (Å²) < 4.78 is 15.3. The minimum absolute atomic E-state index is 0.0161. The summed E-state index contributed by atoms with van der Waals surface area (Å²) in [7, 11) is 0. The Hall–Kier alpha value is -3.22. The normalized spacial score (nSPS) is 19.4. The van der Waals surface area contributed by atoms with Crippen LogP contribution < -0.4 is 4.90 Å². The Bertz CT molecular complexity index is 1120. The molecule has 1 aromatic heterocycles. The number of benzene rings is 2. The van der Waals surface area contributed by atoms with Gasteiger partial charge in [-0.25, -0.2) is 9.37 Å². The van der Waals surface area contributed by atoms with E-state index >= 15 is 0 Å². The Morgan fingerprint density at radius 3 is 2.55 bits per heavy atom. The van der Waals surface area contributed by atoms with Crippen molar-refractivity contribution in [3.05, 3.63) is 60.2 Å². The van der Waals surface area contributed by atoms with Crippen LogP contribution in [0.15, 0.2) is 48.5 Å². The van der Waals surface area contributed by atoms with E-state index in [4.69, 9.17) is 4.98 Å². The van der Waals surface area contributed by atoms with E-state index in [9.17, 15) is 14.0 Å². The van der Waals surface area contributed by atoms with E-state index in [2.05, 4.69) is 0 Å². The number of halogens is 1. The molecular weight excluding hydrogens is 395 g/mol. The standard InChI is InChI=1S/C24H25FN4O2/c25-18-8-10-19(11-9-18)28-15-17(14-22(28)30)24-26-20-6-2-3-7-21(20)29(24)16-23(31)27-12-4-1-5-13-27/h2-3,6-11,17H,1,4-5,12-16H2. The number of aromatic nitrogens is 2. The Kier molecular flexibility index (Phi) is 5.18. The molecular formula is C24H25FN4O2. The van der Waals surface area contributed by atoms with Gasteiger partial charge in [-0.15, -0.1) is 0 Å². The molecule has 0 N–H and O–H groups in total. The van der Waals surface area contributed by atoms with Gasteiger partial charge in [-0.2, -0.15) is 0 Å². The van der Waals surface area contributed by atoms with Gasteiger partial charge in [0, 0.05) is 37.7 Å². The minimum Gasteiger partial charge on any atom is -0.341 e. The Balaban J connectivity index is 1.45. The number of rotatable bonds is 4. The number of para-hydroxylation sites is 2. The molecule has 2 fully saturated rings. The first-order chi connectivity index (χ1) is 15.1. The molecule has 160 valence electrons. The minimum atomic E-state index is -0.329. The van der Waals surface area contributed by atoms with Gasteiger partial charge in [0.25, 0.3) is 0 Å². The summed E-state index contributed by atoms with van der Waals surface area (Å²) in [5, 5.41) is 0. The lowest BCUT2D eigenvalue weighted by atomic mass is 10.1. The molecule has 6 nitrogen and oxygen atoms in total. The van der Waals surface area contributed by atoms with E-state index in [1.54, 1.807) is 17.0 Å². The fraction of sp³-hybridized carbons (Fsp3) is 0.375. The summed E-state index contributed by atoms with van der Waals surface area (Å²) in [4.78, 5) is 34.2. The molecule has 2 aromatic carbocycles. The predicted octanol–water partition coefficient (Wildman–Crippen LogP) is 3.71. The number of likely N-dealkylation sites (tertiary alicyclic amines) is 1. The number of nitrogens with zero attached hydrogens (tertiary/aromatic N) is 4. The van der Waals surface area contributed by atoms with Crippen molar-refractivity contribution in [2.75, 3.05) is 24.5 Å². The number of carbonyl (C=O) groups is 2. The van der Waals surface area contributed by atoms with Crippen LogP contribution >= 0.6 is 0 Å². The van der Waals surface area contributed by atoms with Crippen molar-refractivity contribution in [2.24, 2.45) is 0 Å². The van der Waals surface area contributed by atoms with Crippen LogP contribution in [0.3, 0.4) is 0 Å². The number of hydrogen-bond acceptors (Lipinski definition) is 3. The van der Waals surface area contributed by atoms with E-state index in [1.165, 1.54) is 18.6 Å². The first-order valence-electron chi connectivity index (χ1n) is 10.9. The quantitative estimate of drug-likeness (QED) is 0.647. The van der Waals surface area contributed by atoms with E-state index < -0.39 is 0 Å². The highest BCUT2D eigenvalue weighted by Gasteiger charge is 2.35. The molecule has 3 aromatic rings. The lowest BCUT2D eigenvalue weighted by molar-refractivity contribution is -0.132. The number of hydrogen-bond donors (Lipinski definition) is 0. The number of amides is 2. The molecule has 1 unspecified atom stereocenters. The first-order valence-corrected chi connectivity index (χ1v) is 10.9. The summed E-state index contributed by atoms with van der Waals surface area (Å²) in [5.41, 5.74) is 2.42. The first kappa shape index (κ1) is 19.7. The van der Waals surface area contributed by atoms with Gasteiger partial charge in [0.2, 0.25) is 11.8 Å². The summed E-state index contributed by atoms with van der Waals surface area (Å²) in [6, 6.07) is 13.8. The summed E-state index contributed by atoms with van der Waals surface area (Å²) >= 11 is 0. The number of imidazole rings is 1. The molecule has 2 saturated heterocycles. The Labute approximate surface area is 180 Å². The van der Waals surface area contributed by atoms with Gasteiger partial charge < -0.3 is 14.4 Å². The van der Waals surface area contributed by atoms with Crippen molar-refractivity contribution in [3.63, 3.8) is 0 Å². The van der Waals surface area contributed by atoms with Gasteiger partial charge in [0.15, 0.2) is 0 Å². The zero-order valence-corrected chi connectivity index (χ0v) is 17.3. The molecule has 31 heavy (non-hydrogen) atoms. The average molecular weight is 420 g/mol. The second kappa shape index (κ2) is 8.13. The monoisotopic (exact) mass is 420 g/mol. The van der Waals surface area contributed by atoms with Gasteiger partial charge in [0.05, 0.1) is 11.0 Å². The summed E-state index contributed by atoms with van der Waals surface area (Å²) in [6.07, 6.45) is 3.59. The van der Waals surface area contributed by atoms with Crippen molar-refractivity contribution in [2.45, 2.75) is 38.1 Å². The van der Waals surface area contributed by atoms with E-state index in [0.29, 0.717) is 18.7 Å². The van der Waals surface area contributed by atoms with Gasteiger partial charge in [0.1, 0.15) is 18.2 Å². The molecule has 2 amide bonds. The molecule has 0 spiro atoms. The zero-order chi connectivity index (χ0) is 21.4. The SMILES string of the molecule is O=C(Cn1c(C2CC(=O)N(c3ccc(F)cc3)C2)nc2ccccc21)N1CCCCC1. The molecule has 3 heterocycles. The molecule has 0 saturated carbocycles. The zero-order valence-electron chi connectivity index (χ0n) is 17.3. The lowest BCUT2D eigenvalue weighted by Gasteiger charge is -2.27. The second-order valence-electron chi connectivity index (χ2n) is 8.37. The third kappa shape index (κ3) is 3.80. The molecule has 2 aliphatic rings. The maximum Gasteiger partial charge on any atom is 0.242 e. The highest BCUT2D eigenvalue weighted by atomic mass is 19.1. The summed E-state index contributed by atoms with van der Waals surface area (Å²) in [6.45, 7) is 2.31. The number of anilines is 1. The van der Waals surface area contributed by atoms with Crippen molar-refractivity contribution in [1.29, 1.82) is 0 Å². The van der Waals surface area contributed by atoms with Gasteiger partial charge >= 0.3 is 0 Å². The van der Waals surface area contributed by atoms with Crippen molar-refractivity contribution in [1.82, 2.24) is 14.5 Å². The van der Waals surface area contributed by atoms with Crippen LogP contribution in [0.2, 0.25) is 0 Å². The largest absolute Gasteiger partial charge is 0.341 e. The smallest absolute Gasteiger partial charge is 0.242 e. The molecule has 0 aliphatic carbocycles. The van der Waals surface area contributed by atoms with Crippen LogP contribution in [0.5, 0.6) is 0 Å². The van der Waals surface area contributed by atoms with Gasteiger partial charge in [-0.05, 0) is 55.7 Å². The van der Waals surface area contributed by atoms with Crippen LogP contribution in [-0.2, 0) is 16.1 Å². The number of piperidine rings is 1. The van der Waals surface area contributed by atoms with E-state index in [1.807, 2.05) is 33.7 Å². The molecule has 2 aliphatic heterocycles. The summed E-state index contributed by atoms with van der Waals surface area (Å²) in [5.74, 6) is 0.398. The maximum atomic E-state index is 13.3. The third-order valence-electron chi connectivity index (χ3n) is 6.31. The van der Waals surface area contributed by atoms with Crippen LogP contribution in [0.25, 0.3) is 11.0 Å².